The predicted molar refractivity (Wildman–Crippen MR) is 100.0 cm³/mol. The van der Waals surface area contributed by atoms with E-state index in [1.54, 1.807) is 23.0 Å². The Morgan fingerprint density at radius 3 is 2.74 bits per heavy atom. The van der Waals surface area contributed by atoms with E-state index in [9.17, 15) is 9.59 Å². The molecule has 2 heterocycles. The molecule has 0 saturated heterocycles. The second kappa shape index (κ2) is 8.05. The predicted octanol–water partition coefficient (Wildman–Crippen LogP) is 2.84. The van der Waals surface area contributed by atoms with Crippen molar-refractivity contribution in [2.45, 2.75) is 20.0 Å². The highest BCUT2D eigenvalue weighted by atomic mass is 35.5. The van der Waals surface area contributed by atoms with Crippen molar-refractivity contribution in [1.29, 1.82) is 0 Å². The summed E-state index contributed by atoms with van der Waals surface area (Å²) >= 11 is 6.05. The maximum absolute atomic E-state index is 12.5. The minimum atomic E-state index is -0.409. The van der Waals surface area contributed by atoms with E-state index in [0.29, 0.717) is 30.0 Å². The summed E-state index contributed by atoms with van der Waals surface area (Å²) in [5, 5.41) is 11.3. The van der Waals surface area contributed by atoms with Crippen LogP contribution in [0.3, 0.4) is 0 Å². The average Bonchev–Trinajstić information content (AvgIpc) is 3.27. The standard InChI is InChI=1S/C18H18ClN5O3/c1-3-24-16(15(19)9-21-24)17(25)22-13-8-20-23(11-13)10-12-6-4-5-7-14(12)18(26)27-2/h4-9,11H,3,10H2,1-2H3,(H,22,25). The summed E-state index contributed by atoms with van der Waals surface area (Å²) in [6.45, 7) is 2.75. The van der Waals surface area contributed by atoms with Crippen LogP contribution in [0.15, 0.2) is 42.9 Å². The summed E-state index contributed by atoms with van der Waals surface area (Å²) in [7, 11) is 1.34. The number of aryl methyl sites for hydroxylation is 1. The fourth-order valence-corrected chi connectivity index (χ4v) is 2.90. The number of nitrogens with zero attached hydrogens (tertiary/aromatic N) is 4. The van der Waals surface area contributed by atoms with Crippen molar-refractivity contribution in [3.05, 3.63) is 64.7 Å². The Labute approximate surface area is 160 Å². The van der Waals surface area contributed by atoms with Crippen LogP contribution in [0.4, 0.5) is 5.69 Å². The highest BCUT2D eigenvalue weighted by molar-refractivity contribution is 6.34. The number of carbonyl (C=O) groups excluding carboxylic acids is 2. The molecule has 0 bridgehead atoms. The van der Waals surface area contributed by atoms with Gasteiger partial charge in [-0.1, -0.05) is 29.8 Å². The molecule has 9 heteroatoms. The van der Waals surface area contributed by atoms with Gasteiger partial charge in [0.25, 0.3) is 5.91 Å². The summed E-state index contributed by atoms with van der Waals surface area (Å²) in [5.41, 5.74) is 2.04. The number of methoxy groups -OCH3 is 1. The van der Waals surface area contributed by atoms with E-state index in [4.69, 9.17) is 16.3 Å². The van der Waals surface area contributed by atoms with Gasteiger partial charge in [-0.05, 0) is 18.6 Å². The first-order valence-electron chi connectivity index (χ1n) is 8.24. The van der Waals surface area contributed by atoms with Crippen molar-refractivity contribution < 1.29 is 14.3 Å². The molecule has 140 valence electrons. The lowest BCUT2D eigenvalue weighted by Gasteiger charge is -2.08. The molecule has 3 rings (SSSR count). The lowest BCUT2D eigenvalue weighted by Crippen LogP contribution is -2.17. The van der Waals surface area contributed by atoms with E-state index >= 15 is 0 Å². The Morgan fingerprint density at radius 2 is 2.00 bits per heavy atom. The number of hydrogen-bond donors (Lipinski definition) is 1. The van der Waals surface area contributed by atoms with E-state index < -0.39 is 5.97 Å². The molecule has 3 aromatic rings. The lowest BCUT2D eigenvalue weighted by molar-refractivity contribution is 0.0599. The number of benzene rings is 1. The molecule has 0 aliphatic rings. The van der Waals surface area contributed by atoms with Crippen LogP contribution in [0.5, 0.6) is 0 Å². The maximum atomic E-state index is 12.5. The van der Waals surface area contributed by atoms with Crippen LogP contribution < -0.4 is 5.32 Å². The quantitative estimate of drug-likeness (QED) is 0.657. The molecule has 0 unspecified atom stereocenters. The van der Waals surface area contributed by atoms with Gasteiger partial charge in [0.15, 0.2) is 0 Å². The van der Waals surface area contributed by atoms with Gasteiger partial charge in [0.2, 0.25) is 0 Å². The highest BCUT2D eigenvalue weighted by Crippen LogP contribution is 2.18. The number of anilines is 1. The summed E-state index contributed by atoms with van der Waals surface area (Å²) < 4.78 is 7.94. The van der Waals surface area contributed by atoms with Gasteiger partial charge in [-0.25, -0.2) is 4.79 Å². The molecular formula is C18H18ClN5O3. The van der Waals surface area contributed by atoms with Gasteiger partial charge in [-0.15, -0.1) is 0 Å². The number of amides is 1. The maximum Gasteiger partial charge on any atom is 0.338 e. The van der Waals surface area contributed by atoms with Crippen LogP contribution in [0.1, 0.15) is 33.3 Å². The Kier molecular flexibility index (Phi) is 5.56. The van der Waals surface area contributed by atoms with E-state index in [1.807, 2.05) is 19.1 Å². The normalized spacial score (nSPS) is 10.6. The number of nitrogens with one attached hydrogen (secondary N) is 1. The first kappa shape index (κ1) is 18.7. The Bertz CT molecular complexity index is 979. The first-order valence-corrected chi connectivity index (χ1v) is 8.62. The first-order chi connectivity index (χ1) is 13.0. The van der Waals surface area contributed by atoms with Crippen molar-refractivity contribution in [3.63, 3.8) is 0 Å². The molecule has 0 saturated carbocycles. The smallest absolute Gasteiger partial charge is 0.338 e. The second-order valence-electron chi connectivity index (χ2n) is 5.69. The minimum Gasteiger partial charge on any atom is -0.465 e. The molecule has 0 aliphatic heterocycles. The fourth-order valence-electron chi connectivity index (χ4n) is 2.67. The zero-order chi connectivity index (χ0) is 19.4. The third kappa shape index (κ3) is 4.01. The average molecular weight is 388 g/mol. The van der Waals surface area contributed by atoms with E-state index in [0.717, 1.165) is 5.56 Å². The topological polar surface area (TPSA) is 91.0 Å². The zero-order valence-corrected chi connectivity index (χ0v) is 15.6. The van der Waals surface area contributed by atoms with Crippen LogP contribution in [0.2, 0.25) is 5.02 Å². The molecule has 2 aromatic heterocycles. The number of hydrogen-bond acceptors (Lipinski definition) is 5. The molecule has 27 heavy (non-hydrogen) atoms. The molecule has 1 aromatic carbocycles. The summed E-state index contributed by atoms with van der Waals surface area (Å²) in [6, 6.07) is 7.12. The van der Waals surface area contributed by atoms with Crippen LogP contribution in [-0.4, -0.2) is 38.5 Å². The second-order valence-corrected chi connectivity index (χ2v) is 6.09. The van der Waals surface area contributed by atoms with Gasteiger partial charge in [0.1, 0.15) is 5.69 Å². The van der Waals surface area contributed by atoms with E-state index in [1.165, 1.54) is 24.2 Å². The van der Waals surface area contributed by atoms with Gasteiger partial charge in [-0.2, -0.15) is 10.2 Å². The van der Waals surface area contributed by atoms with Gasteiger partial charge in [-0.3, -0.25) is 14.2 Å². The molecular weight excluding hydrogens is 370 g/mol. The fraction of sp³-hybridized carbons (Fsp3) is 0.222. The Balaban J connectivity index is 1.75. The van der Waals surface area contributed by atoms with Crippen molar-refractivity contribution in [2.24, 2.45) is 0 Å². The number of aromatic nitrogens is 4. The monoisotopic (exact) mass is 387 g/mol. The molecule has 1 N–H and O–H groups in total. The van der Waals surface area contributed by atoms with E-state index in [-0.39, 0.29) is 10.9 Å². The third-order valence-corrected chi connectivity index (χ3v) is 4.23. The minimum absolute atomic E-state index is 0.286. The summed E-state index contributed by atoms with van der Waals surface area (Å²) in [5.74, 6) is -0.775. The number of halogens is 1. The zero-order valence-electron chi connectivity index (χ0n) is 14.8. The van der Waals surface area contributed by atoms with Crippen molar-refractivity contribution >= 4 is 29.2 Å². The van der Waals surface area contributed by atoms with Crippen LogP contribution >= 0.6 is 11.6 Å². The SMILES string of the molecule is CCn1ncc(Cl)c1C(=O)Nc1cnn(Cc2ccccc2C(=O)OC)c1. The van der Waals surface area contributed by atoms with E-state index in [2.05, 4.69) is 15.5 Å². The molecule has 0 fully saturated rings. The summed E-state index contributed by atoms with van der Waals surface area (Å²) in [6.07, 6.45) is 4.64. The van der Waals surface area contributed by atoms with Gasteiger partial charge in [0, 0.05) is 12.7 Å². The molecule has 8 nitrogen and oxygen atoms in total. The van der Waals surface area contributed by atoms with Crippen LogP contribution in [0, 0.1) is 0 Å². The molecule has 0 radical (unpaired) electrons. The molecule has 0 spiro atoms. The van der Waals surface area contributed by atoms with Crippen molar-refractivity contribution in [3.8, 4) is 0 Å². The number of rotatable bonds is 6. The van der Waals surface area contributed by atoms with Crippen LogP contribution in [0.25, 0.3) is 0 Å². The number of esters is 1. The Morgan fingerprint density at radius 1 is 1.22 bits per heavy atom. The Hall–Kier alpha value is -3.13. The largest absolute Gasteiger partial charge is 0.465 e. The van der Waals surface area contributed by atoms with Crippen LogP contribution in [-0.2, 0) is 17.8 Å². The van der Waals surface area contributed by atoms with Gasteiger partial charge >= 0.3 is 5.97 Å². The molecule has 0 aliphatic carbocycles. The molecule has 0 atom stereocenters. The van der Waals surface area contributed by atoms with Gasteiger partial charge < -0.3 is 10.1 Å². The lowest BCUT2D eigenvalue weighted by atomic mass is 10.1. The molecule has 1 amide bonds. The summed E-state index contributed by atoms with van der Waals surface area (Å²) in [4.78, 5) is 24.3. The van der Waals surface area contributed by atoms with Crippen molar-refractivity contribution in [2.75, 3.05) is 12.4 Å². The number of ether oxygens (including phenoxy) is 1. The van der Waals surface area contributed by atoms with Crippen molar-refractivity contribution in [1.82, 2.24) is 19.6 Å². The van der Waals surface area contributed by atoms with Gasteiger partial charge in [0.05, 0.1) is 42.3 Å². The number of carbonyl (C=O) groups is 2. The third-order valence-electron chi connectivity index (χ3n) is 3.96. The highest BCUT2D eigenvalue weighted by Gasteiger charge is 2.18.